The van der Waals surface area contributed by atoms with Crippen LogP contribution in [0.1, 0.15) is 27.4 Å². The Morgan fingerprint density at radius 2 is 1.86 bits per heavy atom. The van der Waals surface area contributed by atoms with E-state index >= 15 is 0 Å². The summed E-state index contributed by atoms with van der Waals surface area (Å²) in [6.45, 7) is 5.57. The summed E-state index contributed by atoms with van der Waals surface area (Å²) in [6, 6.07) is 7.46. The van der Waals surface area contributed by atoms with Crippen molar-refractivity contribution in [3.8, 4) is 11.4 Å². The van der Waals surface area contributed by atoms with E-state index < -0.39 is 0 Å². The molecule has 0 atom stereocenters. The first kappa shape index (κ1) is 20.1. The zero-order chi connectivity index (χ0) is 21.1. The van der Waals surface area contributed by atoms with Crippen LogP contribution in [0.4, 0.5) is 17.5 Å². The molecule has 0 spiro atoms. The van der Waals surface area contributed by atoms with Gasteiger partial charge in [-0.3, -0.25) is 4.79 Å². The SMILES string of the molecule is CNC(=O)c1c(C)nn(-c2cc(Nc3nc(C)cc(NC)n3)ccc2OC)c1C. The van der Waals surface area contributed by atoms with E-state index in [0.717, 1.165) is 22.9 Å². The van der Waals surface area contributed by atoms with Crippen molar-refractivity contribution in [3.05, 3.63) is 46.9 Å². The molecule has 152 valence electrons. The van der Waals surface area contributed by atoms with Gasteiger partial charge in [0.2, 0.25) is 5.95 Å². The average molecular weight is 395 g/mol. The Bertz CT molecular complexity index is 1060. The van der Waals surface area contributed by atoms with Crippen molar-refractivity contribution >= 4 is 23.4 Å². The van der Waals surface area contributed by atoms with Gasteiger partial charge in [-0.05, 0) is 39.0 Å². The molecule has 3 N–H and O–H groups in total. The second kappa shape index (κ2) is 8.17. The first-order valence-corrected chi connectivity index (χ1v) is 9.15. The fourth-order valence-electron chi connectivity index (χ4n) is 3.15. The van der Waals surface area contributed by atoms with Crippen LogP contribution >= 0.6 is 0 Å². The van der Waals surface area contributed by atoms with Gasteiger partial charge in [0, 0.05) is 31.5 Å². The molecule has 0 aliphatic carbocycles. The summed E-state index contributed by atoms with van der Waals surface area (Å²) in [5.41, 5.74) is 4.23. The number of carbonyl (C=O) groups is 1. The molecule has 3 rings (SSSR count). The number of anilines is 3. The van der Waals surface area contributed by atoms with Crippen molar-refractivity contribution in [1.29, 1.82) is 0 Å². The van der Waals surface area contributed by atoms with E-state index in [-0.39, 0.29) is 5.91 Å². The summed E-state index contributed by atoms with van der Waals surface area (Å²) in [5.74, 6) is 1.66. The number of hydrogen-bond acceptors (Lipinski definition) is 7. The van der Waals surface area contributed by atoms with Crippen LogP contribution in [0.25, 0.3) is 5.69 Å². The first-order valence-electron chi connectivity index (χ1n) is 9.15. The lowest BCUT2D eigenvalue weighted by atomic mass is 10.2. The van der Waals surface area contributed by atoms with E-state index in [4.69, 9.17) is 4.74 Å². The van der Waals surface area contributed by atoms with Gasteiger partial charge in [0.05, 0.1) is 24.1 Å². The monoisotopic (exact) mass is 395 g/mol. The third-order valence-electron chi connectivity index (χ3n) is 4.52. The molecule has 0 fully saturated rings. The maximum absolute atomic E-state index is 12.2. The molecule has 9 nitrogen and oxygen atoms in total. The van der Waals surface area contributed by atoms with Crippen LogP contribution in [0.3, 0.4) is 0 Å². The Labute approximate surface area is 169 Å². The molecule has 29 heavy (non-hydrogen) atoms. The second-order valence-corrected chi connectivity index (χ2v) is 6.52. The number of aryl methyl sites for hydroxylation is 2. The van der Waals surface area contributed by atoms with Gasteiger partial charge in [0.1, 0.15) is 17.3 Å². The largest absolute Gasteiger partial charge is 0.494 e. The van der Waals surface area contributed by atoms with Crippen molar-refractivity contribution in [1.82, 2.24) is 25.1 Å². The number of nitrogens with one attached hydrogen (secondary N) is 3. The first-order chi connectivity index (χ1) is 13.9. The molecular formula is C20H25N7O2. The van der Waals surface area contributed by atoms with Crippen LogP contribution in [-0.4, -0.2) is 46.9 Å². The zero-order valence-electron chi connectivity index (χ0n) is 17.4. The fourth-order valence-corrected chi connectivity index (χ4v) is 3.15. The summed E-state index contributed by atoms with van der Waals surface area (Å²) < 4.78 is 7.23. The lowest BCUT2D eigenvalue weighted by Gasteiger charge is -2.14. The summed E-state index contributed by atoms with van der Waals surface area (Å²) in [5, 5.41) is 13.4. The van der Waals surface area contributed by atoms with Crippen LogP contribution in [0.5, 0.6) is 5.75 Å². The zero-order valence-corrected chi connectivity index (χ0v) is 17.4. The van der Waals surface area contributed by atoms with E-state index in [9.17, 15) is 4.79 Å². The molecule has 0 radical (unpaired) electrons. The topological polar surface area (TPSA) is 106 Å². The Hall–Kier alpha value is -3.62. The molecule has 0 aliphatic heterocycles. The normalized spacial score (nSPS) is 10.6. The molecule has 0 saturated heterocycles. The maximum Gasteiger partial charge on any atom is 0.254 e. The molecule has 3 aromatic rings. The number of nitrogens with zero attached hydrogens (tertiary/aromatic N) is 4. The highest BCUT2D eigenvalue weighted by Crippen LogP contribution is 2.30. The van der Waals surface area contributed by atoms with Gasteiger partial charge in [-0.2, -0.15) is 10.1 Å². The summed E-state index contributed by atoms with van der Waals surface area (Å²) in [6.07, 6.45) is 0. The molecule has 0 bridgehead atoms. The molecule has 0 aliphatic rings. The predicted molar refractivity (Wildman–Crippen MR) is 113 cm³/mol. The number of methoxy groups -OCH3 is 1. The highest BCUT2D eigenvalue weighted by molar-refractivity contribution is 5.96. The van der Waals surface area contributed by atoms with Crippen LogP contribution in [-0.2, 0) is 0 Å². The molecular weight excluding hydrogens is 370 g/mol. The smallest absolute Gasteiger partial charge is 0.254 e. The summed E-state index contributed by atoms with van der Waals surface area (Å²) in [4.78, 5) is 21.1. The van der Waals surface area contributed by atoms with E-state index in [2.05, 4.69) is 31.0 Å². The Morgan fingerprint density at radius 1 is 1.10 bits per heavy atom. The highest BCUT2D eigenvalue weighted by Gasteiger charge is 2.20. The third kappa shape index (κ3) is 3.98. The average Bonchev–Trinajstić information content (AvgIpc) is 3.00. The number of carbonyl (C=O) groups excluding carboxylic acids is 1. The maximum atomic E-state index is 12.2. The van der Waals surface area contributed by atoms with Crippen molar-refractivity contribution in [2.75, 3.05) is 31.8 Å². The molecule has 0 saturated carbocycles. The lowest BCUT2D eigenvalue weighted by molar-refractivity contribution is 0.0962. The van der Waals surface area contributed by atoms with Crippen molar-refractivity contribution in [3.63, 3.8) is 0 Å². The third-order valence-corrected chi connectivity index (χ3v) is 4.52. The Morgan fingerprint density at radius 3 is 2.52 bits per heavy atom. The van der Waals surface area contributed by atoms with E-state index in [1.807, 2.05) is 52.1 Å². The molecule has 1 amide bonds. The van der Waals surface area contributed by atoms with Crippen LogP contribution < -0.4 is 20.7 Å². The summed E-state index contributed by atoms with van der Waals surface area (Å²) in [7, 11) is 5.01. The van der Waals surface area contributed by atoms with E-state index in [1.165, 1.54) is 0 Å². The fraction of sp³-hybridized carbons (Fsp3) is 0.300. The molecule has 2 aromatic heterocycles. The van der Waals surface area contributed by atoms with Crippen LogP contribution in [0.15, 0.2) is 24.3 Å². The highest BCUT2D eigenvalue weighted by atomic mass is 16.5. The molecule has 2 heterocycles. The van der Waals surface area contributed by atoms with Gasteiger partial charge in [-0.1, -0.05) is 0 Å². The Balaban J connectivity index is 2.05. The number of hydrogen-bond donors (Lipinski definition) is 3. The van der Waals surface area contributed by atoms with Gasteiger partial charge in [-0.25, -0.2) is 9.67 Å². The van der Waals surface area contributed by atoms with Gasteiger partial charge in [0.15, 0.2) is 0 Å². The number of benzene rings is 1. The minimum absolute atomic E-state index is 0.174. The standard InChI is InChI=1S/C20H25N7O2/c1-11-9-17(21-4)25-20(23-11)24-14-7-8-16(29-6)15(10-14)27-13(3)18(12(2)26-27)19(28)22-5/h7-10H,1-6H3,(H,22,28)(H2,21,23,24,25). The number of amides is 1. The number of rotatable bonds is 6. The summed E-state index contributed by atoms with van der Waals surface area (Å²) >= 11 is 0. The number of aromatic nitrogens is 4. The van der Waals surface area contributed by atoms with E-state index in [1.54, 1.807) is 18.8 Å². The Kier molecular flexibility index (Phi) is 5.67. The molecule has 9 heteroatoms. The minimum atomic E-state index is -0.174. The molecule has 0 unspecified atom stereocenters. The van der Waals surface area contributed by atoms with Crippen LogP contribution in [0, 0.1) is 20.8 Å². The number of ether oxygens (including phenoxy) is 1. The quantitative estimate of drug-likeness (QED) is 0.589. The van der Waals surface area contributed by atoms with E-state index in [0.29, 0.717) is 28.6 Å². The van der Waals surface area contributed by atoms with Crippen molar-refractivity contribution < 1.29 is 9.53 Å². The molecule has 1 aromatic carbocycles. The van der Waals surface area contributed by atoms with Gasteiger partial charge < -0.3 is 20.7 Å². The van der Waals surface area contributed by atoms with Crippen molar-refractivity contribution in [2.24, 2.45) is 0 Å². The minimum Gasteiger partial charge on any atom is -0.494 e. The van der Waals surface area contributed by atoms with Gasteiger partial charge in [0.25, 0.3) is 5.91 Å². The van der Waals surface area contributed by atoms with Gasteiger partial charge in [-0.15, -0.1) is 0 Å². The lowest BCUT2D eigenvalue weighted by Crippen LogP contribution is -2.19. The van der Waals surface area contributed by atoms with Crippen LogP contribution in [0.2, 0.25) is 0 Å². The second-order valence-electron chi connectivity index (χ2n) is 6.52. The van der Waals surface area contributed by atoms with Crippen molar-refractivity contribution in [2.45, 2.75) is 20.8 Å². The predicted octanol–water partition coefficient (Wildman–Crippen LogP) is 2.74. The van der Waals surface area contributed by atoms with Gasteiger partial charge >= 0.3 is 0 Å².